The van der Waals surface area contributed by atoms with Gasteiger partial charge in [-0.2, -0.15) is 5.10 Å². The van der Waals surface area contributed by atoms with Gasteiger partial charge < -0.3 is 15.4 Å². The highest BCUT2D eigenvalue weighted by Gasteiger charge is 2.12. The van der Waals surface area contributed by atoms with Crippen LogP contribution in [0.25, 0.3) is 0 Å². The maximum Gasteiger partial charge on any atom is 0.315 e. The van der Waals surface area contributed by atoms with E-state index in [4.69, 9.17) is 4.74 Å². The minimum atomic E-state index is -0.218. The van der Waals surface area contributed by atoms with Gasteiger partial charge in [0.2, 0.25) is 0 Å². The zero-order valence-corrected chi connectivity index (χ0v) is 17.0. The Balaban J connectivity index is 1.46. The second kappa shape index (κ2) is 9.73. The second-order valence-electron chi connectivity index (χ2n) is 7.20. The van der Waals surface area contributed by atoms with E-state index in [9.17, 15) is 4.79 Å². The number of carbonyl (C=O) groups excluding carboxylic acids is 1. The maximum absolute atomic E-state index is 12.2. The first kappa shape index (κ1) is 20.4. The predicted octanol–water partition coefficient (Wildman–Crippen LogP) is 3.61. The topological polar surface area (TPSA) is 81.1 Å². The average molecular weight is 393 g/mol. The molecular weight excluding hydrogens is 366 g/mol. The Kier molecular flexibility index (Phi) is 6.84. The van der Waals surface area contributed by atoms with Gasteiger partial charge in [0.15, 0.2) is 0 Å². The van der Waals surface area contributed by atoms with Crippen LogP contribution in [0.5, 0.6) is 5.75 Å². The molecule has 152 valence electrons. The molecule has 7 nitrogen and oxygen atoms in total. The van der Waals surface area contributed by atoms with E-state index >= 15 is 0 Å². The smallest absolute Gasteiger partial charge is 0.315 e. The van der Waals surface area contributed by atoms with Crippen molar-refractivity contribution in [3.8, 4) is 5.75 Å². The summed E-state index contributed by atoms with van der Waals surface area (Å²) in [5, 5.41) is 9.90. The van der Waals surface area contributed by atoms with Crippen LogP contribution < -0.4 is 15.4 Å². The average Bonchev–Trinajstić information content (AvgIpc) is 3.19. The van der Waals surface area contributed by atoms with Gasteiger partial charge >= 0.3 is 6.03 Å². The summed E-state index contributed by atoms with van der Waals surface area (Å²) >= 11 is 0. The van der Waals surface area contributed by atoms with Gasteiger partial charge in [-0.3, -0.25) is 4.68 Å². The SMILES string of the molecule is Cc1cccc(COc2ccc([C@H](C)NC(=O)N[C@@H](C)Cn3cncn3)cc2)c1. The molecule has 0 unspecified atom stereocenters. The van der Waals surface area contributed by atoms with E-state index in [1.54, 1.807) is 11.0 Å². The molecule has 0 spiro atoms. The van der Waals surface area contributed by atoms with Crippen LogP contribution in [0.1, 0.15) is 36.6 Å². The zero-order valence-electron chi connectivity index (χ0n) is 17.0. The molecule has 2 amide bonds. The van der Waals surface area contributed by atoms with Gasteiger partial charge in [-0.05, 0) is 44.0 Å². The van der Waals surface area contributed by atoms with Crippen molar-refractivity contribution < 1.29 is 9.53 Å². The standard InChI is InChI=1S/C22H27N5O2/c1-16-5-4-6-19(11-16)13-29-21-9-7-20(8-10-21)18(3)26-22(28)25-17(2)12-27-15-23-14-24-27/h4-11,14-15,17-18H,12-13H2,1-3H3,(H2,25,26,28)/t17-,18-/m0/s1. The third-order valence-electron chi connectivity index (χ3n) is 4.52. The lowest BCUT2D eigenvalue weighted by Crippen LogP contribution is -2.43. The third kappa shape index (κ3) is 6.34. The van der Waals surface area contributed by atoms with Gasteiger partial charge in [0.25, 0.3) is 0 Å². The molecule has 0 saturated heterocycles. The molecule has 0 bridgehead atoms. The number of nitrogens with zero attached hydrogens (tertiary/aromatic N) is 3. The highest BCUT2D eigenvalue weighted by atomic mass is 16.5. The summed E-state index contributed by atoms with van der Waals surface area (Å²) < 4.78 is 7.54. The minimum Gasteiger partial charge on any atom is -0.489 e. The van der Waals surface area contributed by atoms with Gasteiger partial charge in [0.05, 0.1) is 12.6 Å². The quantitative estimate of drug-likeness (QED) is 0.613. The molecule has 2 aromatic carbocycles. The van der Waals surface area contributed by atoms with E-state index in [0.29, 0.717) is 13.2 Å². The summed E-state index contributed by atoms with van der Waals surface area (Å²) in [5.41, 5.74) is 3.36. The van der Waals surface area contributed by atoms with Crippen LogP contribution in [0.3, 0.4) is 0 Å². The molecule has 2 N–H and O–H groups in total. The van der Waals surface area contributed by atoms with Crippen molar-refractivity contribution in [3.63, 3.8) is 0 Å². The number of urea groups is 1. The largest absolute Gasteiger partial charge is 0.489 e. The fourth-order valence-electron chi connectivity index (χ4n) is 3.02. The number of nitrogens with one attached hydrogen (secondary N) is 2. The molecule has 2 atom stereocenters. The first-order valence-corrected chi connectivity index (χ1v) is 9.67. The Labute approximate surface area is 171 Å². The summed E-state index contributed by atoms with van der Waals surface area (Å²) in [6.45, 7) is 7.03. The van der Waals surface area contributed by atoms with E-state index in [1.807, 2.05) is 44.2 Å². The van der Waals surface area contributed by atoms with Crippen molar-refractivity contribution >= 4 is 6.03 Å². The Morgan fingerprint density at radius 2 is 1.93 bits per heavy atom. The van der Waals surface area contributed by atoms with Crippen molar-refractivity contribution in [1.29, 1.82) is 0 Å². The molecule has 0 aliphatic carbocycles. The normalized spacial score (nSPS) is 12.8. The molecule has 3 rings (SSSR count). The molecular formula is C22H27N5O2. The van der Waals surface area contributed by atoms with Gasteiger partial charge in [-0.15, -0.1) is 0 Å². The van der Waals surface area contributed by atoms with Gasteiger partial charge in [-0.1, -0.05) is 42.0 Å². The lowest BCUT2D eigenvalue weighted by atomic mass is 10.1. The van der Waals surface area contributed by atoms with Gasteiger partial charge in [0.1, 0.15) is 25.0 Å². The summed E-state index contributed by atoms with van der Waals surface area (Å²) in [4.78, 5) is 16.1. The molecule has 0 aliphatic heterocycles. The second-order valence-corrected chi connectivity index (χ2v) is 7.20. The van der Waals surface area contributed by atoms with Gasteiger partial charge in [0, 0.05) is 6.04 Å². The number of aromatic nitrogens is 3. The number of benzene rings is 2. The van der Waals surface area contributed by atoms with Crippen molar-refractivity contribution in [2.75, 3.05) is 0 Å². The lowest BCUT2D eigenvalue weighted by molar-refractivity contribution is 0.233. The number of amides is 2. The summed E-state index contributed by atoms with van der Waals surface area (Å²) in [5.74, 6) is 0.799. The van der Waals surface area contributed by atoms with Crippen LogP contribution in [0.2, 0.25) is 0 Å². The molecule has 3 aromatic rings. The van der Waals surface area contributed by atoms with Crippen molar-refractivity contribution in [3.05, 3.63) is 77.9 Å². The number of rotatable bonds is 8. The minimum absolute atomic E-state index is 0.0682. The maximum atomic E-state index is 12.2. The highest BCUT2D eigenvalue weighted by molar-refractivity contribution is 5.74. The number of hydrogen-bond acceptors (Lipinski definition) is 4. The zero-order chi connectivity index (χ0) is 20.6. The van der Waals surface area contributed by atoms with E-state index in [0.717, 1.165) is 16.9 Å². The van der Waals surface area contributed by atoms with Crippen molar-refractivity contribution in [1.82, 2.24) is 25.4 Å². The first-order chi connectivity index (χ1) is 14.0. The van der Waals surface area contributed by atoms with Crippen LogP contribution in [-0.2, 0) is 13.2 Å². The molecule has 0 saturated carbocycles. The fourth-order valence-corrected chi connectivity index (χ4v) is 3.02. The Hall–Kier alpha value is -3.35. The monoisotopic (exact) mass is 393 g/mol. The van der Waals surface area contributed by atoms with Crippen LogP contribution in [0.15, 0.2) is 61.2 Å². The highest BCUT2D eigenvalue weighted by Crippen LogP contribution is 2.19. The van der Waals surface area contributed by atoms with E-state index in [2.05, 4.69) is 45.8 Å². The van der Waals surface area contributed by atoms with E-state index < -0.39 is 0 Å². The molecule has 1 aromatic heterocycles. The fraction of sp³-hybridized carbons (Fsp3) is 0.318. The number of aryl methyl sites for hydroxylation is 1. The summed E-state index contributed by atoms with van der Waals surface area (Å²) in [6.07, 6.45) is 3.10. The predicted molar refractivity (Wildman–Crippen MR) is 112 cm³/mol. The molecule has 0 aliphatic rings. The Bertz CT molecular complexity index is 909. The summed E-state index contributed by atoms with van der Waals surface area (Å²) in [6, 6.07) is 15.6. The Morgan fingerprint density at radius 1 is 1.14 bits per heavy atom. The number of carbonyl (C=O) groups is 1. The van der Waals surface area contributed by atoms with Crippen LogP contribution in [0, 0.1) is 6.92 Å². The molecule has 7 heteroatoms. The summed E-state index contributed by atoms with van der Waals surface area (Å²) in [7, 11) is 0. The van der Waals surface area contributed by atoms with Crippen molar-refractivity contribution in [2.45, 2.75) is 46.0 Å². The van der Waals surface area contributed by atoms with Crippen LogP contribution >= 0.6 is 0 Å². The molecule has 1 heterocycles. The van der Waals surface area contributed by atoms with Crippen LogP contribution in [-0.4, -0.2) is 26.8 Å². The molecule has 0 fully saturated rings. The molecule has 29 heavy (non-hydrogen) atoms. The molecule has 0 radical (unpaired) electrons. The van der Waals surface area contributed by atoms with Crippen LogP contribution in [0.4, 0.5) is 4.79 Å². The Morgan fingerprint density at radius 3 is 2.62 bits per heavy atom. The van der Waals surface area contributed by atoms with E-state index in [-0.39, 0.29) is 18.1 Å². The van der Waals surface area contributed by atoms with Gasteiger partial charge in [-0.25, -0.2) is 9.78 Å². The number of ether oxygens (including phenoxy) is 1. The van der Waals surface area contributed by atoms with E-state index in [1.165, 1.54) is 11.9 Å². The van der Waals surface area contributed by atoms with Crippen molar-refractivity contribution in [2.24, 2.45) is 0 Å². The number of hydrogen-bond donors (Lipinski definition) is 2. The first-order valence-electron chi connectivity index (χ1n) is 9.67. The lowest BCUT2D eigenvalue weighted by Gasteiger charge is -2.18. The third-order valence-corrected chi connectivity index (χ3v) is 4.52.